The summed E-state index contributed by atoms with van der Waals surface area (Å²) in [6.45, 7) is 3.91. The third-order valence-corrected chi connectivity index (χ3v) is 5.59. The minimum absolute atomic E-state index is 0.108. The smallest absolute Gasteiger partial charge is 0.261 e. The molecule has 0 aliphatic rings. The van der Waals surface area contributed by atoms with Gasteiger partial charge in [0.1, 0.15) is 0 Å². The van der Waals surface area contributed by atoms with E-state index < -0.39 is 0 Å². The Morgan fingerprint density at radius 2 is 1.90 bits per heavy atom. The molecule has 0 aliphatic heterocycles. The van der Waals surface area contributed by atoms with Crippen LogP contribution in [0, 0.1) is 0 Å². The van der Waals surface area contributed by atoms with Crippen molar-refractivity contribution < 1.29 is 4.79 Å². The van der Waals surface area contributed by atoms with E-state index >= 15 is 0 Å². The van der Waals surface area contributed by atoms with Gasteiger partial charge in [0, 0.05) is 12.3 Å². The molecule has 4 aromatic rings. The highest BCUT2D eigenvalue weighted by Gasteiger charge is 2.18. The highest BCUT2D eigenvalue weighted by molar-refractivity contribution is 7.14. The number of anilines is 2. The van der Waals surface area contributed by atoms with Crippen LogP contribution in [0.3, 0.4) is 0 Å². The van der Waals surface area contributed by atoms with Crippen LogP contribution in [0.2, 0.25) is 0 Å². The first-order valence-corrected chi connectivity index (χ1v) is 10.2. The second kappa shape index (κ2) is 7.97. The van der Waals surface area contributed by atoms with E-state index in [-0.39, 0.29) is 11.5 Å². The Morgan fingerprint density at radius 3 is 2.62 bits per heavy atom. The topological polar surface area (TPSA) is 68.1 Å². The Hall–Kier alpha value is -3.32. The Bertz CT molecular complexity index is 1230. The summed E-state index contributed by atoms with van der Waals surface area (Å²) >= 11 is 1.38. The number of amides is 1. The molecule has 0 spiro atoms. The van der Waals surface area contributed by atoms with Crippen molar-refractivity contribution in [2.45, 2.75) is 26.8 Å². The standard InChI is InChI=1S/C22H20N4O2S/c1-3-16-8-10-18(11-9-16)26(15(2)27)22-24-17(13-29-22)12-25-14-23-20-7-5-4-6-19(20)21(25)28/h4-11,13-14H,3,12H2,1-2H3. The highest BCUT2D eigenvalue weighted by atomic mass is 32.1. The van der Waals surface area contributed by atoms with Crippen molar-refractivity contribution in [3.63, 3.8) is 0 Å². The van der Waals surface area contributed by atoms with Gasteiger partial charge in [0.25, 0.3) is 5.56 Å². The molecule has 0 unspecified atom stereocenters. The number of benzene rings is 2. The minimum atomic E-state index is -0.111. The summed E-state index contributed by atoms with van der Waals surface area (Å²) in [5, 5.41) is 3.03. The number of fused-ring (bicyclic) bond motifs is 1. The molecule has 2 heterocycles. The third-order valence-electron chi connectivity index (χ3n) is 4.71. The number of aryl methyl sites for hydroxylation is 1. The quantitative estimate of drug-likeness (QED) is 0.501. The first kappa shape index (κ1) is 19.0. The maximum Gasteiger partial charge on any atom is 0.261 e. The second-order valence-electron chi connectivity index (χ2n) is 6.69. The molecule has 0 atom stereocenters. The number of aromatic nitrogens is 3. The molecule has 146 valence electrons. The van der Waals surface area contributed by atoms with Crippen LogP contribution in [0.4, 0.5) is 10.8 Å². The molecule has 0 radical (unpaired) electrons. The van der Waals surface area contributed by atoms with E-state index in [1.54, 1.807) is 11.0 Å². The maximum atomic E-state index is 12.7. The summed E-state index contributed by atoms with van der Waals surface area (Å²) in [7, 11) is 0. The lowest BCUT2D eigenvalue weighted by Crippen LogP contribution is -2.23. The number of hydrogen-bond donors (Lipinski definition) is 0. The molecule has 0 N–H and O–H groups in total. The summed E-state index contributed by atoms with van der Waals surface area (Å²) < 4.78 is 1.54. The van der Waals surface area contributed by atoms with E-state index in [9.17, 15) is 9.59 Å². The molecular weight excluding hydrogens is 384 g/mol. The summed E-state index contributed by atoms with van der Waals surface area (Å²) in [4.78, 5) is 35.5. The molecule has 7 heteroatoms. The maximum absolute atomic E-state index is 12.7. The van der Waals surface area contributed by atoms with Gasteiger partial charge >= 0.3 is 0 Å². The van der Waals surface area contributed by atoms with E-state index in [1.807, 2.05) is 47.8 Å². The van der Waals surface area contributed by atoms with E-state index in [1.165, 1.54) is 34.7 Å². The van der Waals surface area contributed by atoms with E-state index in [4.69, 9.17) is 0 Å². The third kappa shape index (κ3) is 3.82. The number of para-hydroxylation sites is 1. The fourth-order valence-corrected chi connectivity index (χ4v) is 4.05. The van der Waals surface area contributed by atoms with Crippen LogP contribution < -0.4 is 10.5 Å². The highest BCUT2D eigenvalue weighted by Crippen LogP contribution is 2.29. The van der Waals surface area contributed by atoms with Gasteiger partial charge in [0.15, 0.2) is 5.13 Å². The van der Waals surface area contributed by atoms with Crippen molar-refractivity contribution in [1.29, 1.82) is 0 Å². The summed E-state index contributed by atoms with van der Waals surface area (Å²) in [6.07, 6.45) is 2.48. The zero-order chi connectivity index (χ0) is 20.4. The molecule has 0 aliphatic carbocycles. The van der Waals surface area contributed by atoms with Gasteiger partial charge in [0.2, 0.25) is 5.91 Å². The second-order valence-corrected chi connectivity index (χ2v) is 7.53. The minimum Gasteiger partial charge on any atom is -0.293 e. The van der Waals surface area contributed by atoms with E-state index in [0.717, 1.165) is 12.1 Å². The Balaban J connectivity index is 1.64. The number of carbonyl (C=O) groups is 1. The number of rotatable bonds is 5. The van der Waals surface area contributed by atoms with Gasteiger partial charge in [0.05, 0.1) is 35.2 Å². The Morgan fingerprint density at radius 1 is 1.14 bits per heavy atom. The molecule has 2 aromatic carbocycles. The van der Waals surface area contributed by atoms with E-state index in [2.05, 4.69) is 16.9 Å². The van der Waals surface area contributed by atoms with Crippen LogP contribution in [0.15, 0.2) is 65.0 Å². The number of nitrogens with zero attached hydrogens (tertiary/aromatic N) is 4. The van der Waals surface area contributed by atoms with Gasteiger partial charge in [-0.2, -0.15) is 0 Å². The van der Waals surface area contributed by atoms with Crippen LogP contribution in [0.1, 0.15) is 25.1 Å². The first-order valence-electron chi connectivity index (χ1n) is 9.35. The predicted octanol–water partition coefficient (Wildman–Crippen LogP) is 4.15. The summed E-state index contributed by atoms with van der Waals surface area (Å²) in [6, 6.07) is 15.2. The molecule has 1 amide bonds. The average Bonchev–Trinajstić information content (AvgIpc) is 3.18. The van der Waals surface area contributed by atoms with Gasteiger partial charge < -0.3 is 0 Å². The van der Waals surface area contributed by atoms with Gasteiger partial charge in [-0.3, -0.25) is 19.1 Å². The molecule has 0 saturated heterocycles. The molecule has 2 aromatic heterocycles. The van der Waals surface area contributed by atoms with Gasteiger partial charge in [-0.05, 0) is 36.2 Å². The first-order chi connectivity index (χ1) is 14.1. The molecule has 6 nitrogen and oxygen atoms in total. The van der Waals surface area contributed by atoms with Crippen molar-refractivity contribution >= 4 is 39.0 Å². The fourth-order valence-electron chi connectivity index (χ4n) is 3.17. The molecule has 0 bridgehead atoms. The molecule has 4 rings (SSSR count). The normalized spacial score (nSPS) is 11.0. The van der Waals surface area contributed by atoms with Crippen molar-refractivity contribution in [2.75, 3.05) is 4.90 Å². The SMILES string of the molecule is CCc1ccc(N(C(C)=O)c2nc(Cn3cnc4ccccc4c3=O)cs2)cc1. The van der Waals surface area contributed by atoms with Crippen molar-refractivity contribution in [2.24, 2.45) is 0 Å². The Labute approximate surface area is 172 Å². The van der Waals surface area contributed by atoms with Crippen molar-refractivity contribution in [1.82, 2.24) is 14.5 Å². The fraction of sp³-hybridized carbons (Fsp3) is 0.182. The molecule has 0 saturated carbocycles. The zero-order valence-corrected chi connectivity index (χ0v) is 17.0. The molecular formula is C22H20N4O2S. The van der Waals surface area contributed by atoms with Gasteiger partial charge in [-0.25, -0.2) is 9.97 Å². The average molecular weight is 404 g/mol. The lowest BCUT2D eigenvalue weighted by atomic mass is 10.1. The largest absolute Gasteiger partial charge is 0.293 e. The van der Waals surface area contributed by atoms with Crippen LogP contribution in [0.5, 0.6) is 0 Å². The van der Waals surface area contributed by atoms with Crippen LogP contribution in [0.25, 0.3) is 10.9 Å². The lowest BCUT2D eigenvalue weighted by Gasteiger charge is -2.18. The summed E-state index contributed by atoms with van der Waals surface area (Å²) in [5.41, 5.74) is 3.26. The van der Waals surface area contributed by atoms with Crippen LogP contribution in [-0.2, 0) is 17.8 Å². The van der Waals surface area contributed by atoms with Gasteiger partial charge in [-0.1, -0.05) is 31.2 Å². The van der Waals surface area contributed by atoms with Crippen LogP contribution in [-0.4, -0.2) is 20.4 Å². The van der Waals surface area contributed by atoms with Crippen LogP contribution >= 0.6 is 11.3 Å². The number of carbonyl (C=O) groups excluding carboxylic acids is 1. The zero-order valence-electron chi connectivity index (χ0n) is 16.2. The number of thiazole rings is 1. The van der Waals surface area contributed by atoms with Crippen molar-refractivity contribution in [3.05, 3.63) is 81.8 Å². The molecule has 0 fully saturated rings. The monoisotopic (exact) mass is 404 g/mol. The molecule has 29 heavy (non-hydrogen) atoms. The van der Waals surface area contributed by atoms with Crippen molar-refractivity contribution in [3.8, 4) is 0 Å². The Kier molecular flexibility index (Phi) is 5.22. The lowest BCUT2D eigenvalue weighted by molar-refractivity contribution is -0.115. The predicted molar refractivity (Wildman–Crippen MR) is 116 cm³/mol. The summed E-state index contributed by atoms with van der Waals surface area (Å²) in [5.74, 6) is -0.111. The van der Waals surface area contributed by atoms with E-state index in [0.29, 0.717) is 28.3 Å². The van der Waals surface area contributed by atoms with Gasteiger partial charge in [-0.15, -0.1) is 11.3 Å². The number of hydrogen-bond acceptors (Lipinski definition) is 5.